The van der Waals surface area contributed by atoms with Gasteiger partial charge in [-0.05, 0) is 25.7 Å². The standard InChI is InChI=1S/C10H18N2O3/c1-2-7(11)9(13)12-6-4-3-5-8(12)10(14)15/h7-8H,2-6,11H2,1H3,(H,14,15)/t7-,8?/m0/s1. The van der Waals surface area contributed by atoms with E-state index >= 15 is 0 Å². The fraction of sp³-hybridized carbons (Fsp3) is 0.800. The van der Waals surface area contributed by atoms with Crippen molar-refractivity contribution in [2.75, 3.05) is 6.54 Å². The van der Waals surface area contributed by atoms with Gasteiger partial charge in [-0.25, -0.2) is 4.79 Å². The maximum absolute atomic E-state index is 11.8. The minimum absolute atomic E-state index is 0.232. The summed E-state index contributed by atoms with van der Waals surface area (Å²) in [5.74, 6) is -1.16. The molecule has 0 aromatic carbocycles. The van der Waals surface area contributed by atoms with E-state index in [1.807, 2.05) is 6.92 Å². The number of hydrogen-bond acceptors (Lipinski definition) is 3. The maximum Gasteiger partial charge on any atom is 0.326 e. The lowest BCUT2D eigenvalue weighted by molar-refractivity contribution is -0.152. The van der Waals surface area contributed by atoms with Gasteiger partial charge in [0.1, 0.15) is 6.04 Å². The number of amides is 1. The van der Waals surface area contributed by atoms with Crippen molar-refractivity contribution in [2.24, 2.45) is 5.73 Å². The van der Waals surface area contributed by atoms with Gasteiger partial charge >= 0.3 is 5.97 Å². The Morgan fingerprint density at radius 1 is 1.53 bits per heavy atom. The maximum atomic E-state index is 11.8. The van der Waals surface area contributed by atoms with Crippen LogP contribution in [-0.4, -0.2) is 40.5 Å². The van der Waals surface area contributed by atoms with Crippen LogP contribution < -0.4 is 5.73 Å². The van der Waals surface area contributed by atoms with E-state index in [1.54, 1.807) is 0 Å². The van der Waals surface area contributed by atoms with Crippen LogP contribution in [0.5, 0.6) is 0 Å². The second-order valence-electron chi connectivity index (χ2n) is 3.90. The summed E-state index contributed by atoms with van der Waals surface area (Å²) < 4.78 is 0. The van der Waals surface area contributed by atoms with Crippen LogP contribution in [0.1, 0.15) is 32.6 Å². The van der Waals surface area contributed by atoms with Crippen molar-refractivity contribution in [3.05, 3.63) is 0 Å². The lowest BCUT2D eigenvalue weighted by Crippen LogP contribution is -2.53. The average molecular weight is 214 g/mol. The fourth-order valence-electron chi connectivity index (χ4n) is 1.84. The number of hydrogen-bond donors (Lipinski definition) is 2. The first-order valence-corrected chi connectivity index (χ1v) is 5.36. The van der Waals surface area contributed by atoms with Crippen LogP contribution in [0.25, 0.3) is 0 Å². The first-order chi connectivity index (χ1) is 7.07. The van der Waals surface area contributed by atoms with Crippen molar-refractivity contribution < 1.29 is 14.7 Å². The third kappa shape index (κ3) is 2.68. The summed E-state index contributed by atoms with van der Waals surface area (Å²) in [5.41, 5.74) is 5.63. The SMILES string of the molecule is CC[C@H](N)C(=O)N1CCCCC1C(=O)O. The highest BCUT2D eigenvalue weighted by Gasteiger charge is 2.33. The lowest BCUT2D eigenvalue weighted by Gasteiger charge is -2.34. The second kappa shape index (κ2) is 5.11. The largest absolute Gasteiger partial charge is 0.480 e. The summed E-state index contributed by atoms with van der Waals surface area (Å²) in [6.07, 6.45) is 2.81. The van der Waals surface area contributed by atoms with E-state index in [4.69, 9.17) is 10.8 Å². The minimum atomic E-state index is -0.925. The van der Waals surface area contributed by atoms with Gasteiger partial charge in [-0.3, -0.25) is 4.79 Å². The molecule has 0 aromatic rings. The Kier molecular flexibility index (Phi) is 4.08. The molecule has 1 fully saturated rings. The summed E-state index contributed by atoms with van der Waals surface area (Å²) >= 11 is 0. The highest BCUT2D eigenvalue weighted by atomic mass is 16.4. The zero-order chi connectivity index (χ0) is 11.4. The van der Waals surface area contributed by atoms with Gasteiger partial charge in [-0.15, -0.1) is 0 Å². The Morgan fingerprint density at radius 2 is 2.20 bits per heavy atom. The third-order valence-corrected chi connectivity index (χ3v) is 2.83. The molecular formula is C10H18N2O3. The molecule has 15 heavy (non-hydrogen) atoms. The van der Waals surface area contributed by atoms with E-state index in [0.717, 1.165) is 12.8 Å². The molecular weight excluding hydrogens is 196 g/mol. The molecule has 1 saturated heterocycles. The van der Waals surface area contributed by atoms with Gasteiger partial charge in [0.2, 0.25) is 5.91 Å². The Morgan fingerprint density at radius 3 is 2.73 bits per heavy atom. The van der Waals surface area contributed by atoms with E-state index in [2.05, 4.69) is 0 Å². The summed E-state index contributed by atoms with van der Waals surface area (Å²) in [5, 5.41) is 8.98. The molecule has 1 aliphatic rings. The van der Waals surface area contributed by atoms with Crippen molar-refractivity contribution in [1.29, 1.82) is 0 Å². The predicted octanol–water partition coefficient (Wildman–Crippen LogP) is 0.189. The summed E-state index contributed by atoms with van der Waals surface area (Å²) in [4.78, 5) is 24.1. The molecule has 0 aliphatic carbocycles. The smallest absolute Gasteiger partial charge is 0.326 e. The number of likely N-dealkylation sites (tertiary alicyclic amines) is 1. The number of rotatable bonds is 3. The van der Waals surface area contributed by atoms with Crippen LogP contribution in [-0.2, 0) is 9.59 Å². The zero-order valence-electron chi connectivity index (χ0n) is 8.98. The van der Waals surface area contributed by atoms with Crippen molar-refractivity contribution in [3.8, 4) is 0 Å². The first kappa shape index (κ1) is 12.0. The predicted molar refractivity (Wildman–Crippen MR) is 55.3 cm³/mol. The molecule has 1 unspecified atom stereocenters. The van der Waals surface area contributed by atoms with E-state index in [0.29, 0.717) is 19.4 Å². The Bertz CT molecular complexity index is 255. The number of carbonyl (C=O) groups is 2. The van der Waals surface area contributed by atoms with Crippen molar-refractivity contribution in [1.82, 2.24) is 4.90 Å². The van der Waals surface area contributed by atoms with E-state index < -0.39 is 18.1 Å². The fourth-order valence-corrected chi connectivity index (χ4v) is 1.84. The summed E-state index contributed by atoms with van der Waals surface area (Å²) in [6, 6.07) is -1.24. The molecule has 0 aromatic heterocycles. The summed E-state index contributed by atoms with van der Waals surface area (Å²) in [7, 11) is 0. The van der Waals surface area contributed by atoms with Crippen LogP contribution in [0.4, 0.5) is 0 Å². The molecule has 0 saturated carbocycles. The highest BCUT2D eigenvalue weighted by Crippen LogP contribution is 2.18. The molecule has 5 heteroatoms. The minimum Gasteiger partial charge on any atom is -0.480 e. The van der Waals surface area contributed by atoms with Gasteiger partial charge in [0.15, 0.2) is 0 Å². The highest BCUT2D eigenvalue weighted by molar-refractivity contribution is 5.87. The van der Waals surface area contributed by atoms with Crippen LogP contribution in [0.2, 0.25) is 0 Å². The Balaban J connectivity index is 2.71. The van der Waals surface area contributed by atoms with Gasteiger partial charge in [0.25, 0.3) is 0 Å². The van der Waals surface area contributed by atoms with Crippen LogP contribution in [0, 0.1) is 0 Å². The van der Waals surface area contributed by atoms with E-state index in [-0.39, 0.29) is 5.91 Å². The molecule has 5 nitrogen and oxygen atoms in total. The molecule has 86 valence electrons. The van der Waals surface area contributed by atoms with Crippen LogP contribution in [0.15, 0.2) is 0 Å². The molecule has 1 amide bonds. The number of nitrogens with two attached hydrogens (primary N) is 1. The number of aliphatic carboxylic acids is 1. The van der Waals surface area contributed by atoms with Gasteiger partial charge < -0.3 is 15.7 Å². The summed E-state index contributed by atoms with van der Waals surface area (Å²) in [6.45, 7) is 2.34. The quantitative estimate of drug-likeness (QED) is 0.702. The third-order valence-electron chi connectivity index (χ3n) is 2.83. The Hall–Kier alpha value is -1.10. The number of nitrogens with zero attached hydrogens (tertiary/aromatic N) is 1. The number of piperidine rings is 1. The van der Waals surface area contributed by atoms with E-state index in [1.165, 1.54) is 4.90 Å². The Labute approximate surface area is 89.2 Å². The second-order valence-corrected chi connectivity index (χ2v) is 3.90. The first-order valence-electron chi connectivity index (χ1n) is 5.36. The molecule has 0 bridgehead atoms. The van der Waals surface area contributed by atoms with E-state index in [9.17, 15) is 9.59 Å². The molecule has 3 N–H and O–H groups in total. The molecule has 0 spiro atoms. The molecule has 0 radical (unpaired) electrons. The molecule has 1 heterocycles. The molecule has 2 atom stereocenters. The van der Waals surface area contributed by atoms with Crippen molar-refractivity contribution in [2.45, 2.75) is 44.7 Å². The molecule has 1 rings (SSSR count). The zero-order valence-corrected chi connectivity index (χ0v) is 8.98. The van der Waals surface area contributed by atoms with Gasteiger partial charge in [-0.2, -0.15) is 0 Å². The van der Waals surface area contributed by atoms with Crippen molar-refractivity contribution >= 4 is 11.9 Å². The molecule has 1 aliphatic heterocycles. The van der Waals surface area contributed by atoms with Gasteiger partial charge in [0.05, 0.1) is 6.04 Å². The van der Waals surface area contributed by atoms with Gasteiger partial charge in [0, 0.05) is 6.54 Å². The number of carbonyl (C=O) groups excluding carboxylic acids is 1. The van der Waals surface area contributed by atoms with Crippen LogP contribution in [0.3, 0.4) is 0 Å². The lowest BCUT2D eigenvalue weighted by atomic mass is 10.0. The van der Waals surface area contributed by atoms with Crippen molar-refractivity contribution in [3.63, 3.8) is 0 Å². The topological polar surface area (TPSA) is 83.6 Å². The average Bonchev–Trinajstić information content (AvgIpc) is 2.27. The number of carboxylic acid groups (broad SMARTS) is 1. The number of carboxylic acids is 1. The van der Waals surface area contributed by atoms with Gasteiger partial charge in [-0.1, -0.05) is 6.92 Å². The normalized spacial score (nSPS) is 23.6. The van der Waals surface area contributed by atoms with Crippen LogP contribution >= 0.6 is 0 Å². The monoisotopic (exact) mass is 214 g/mol.